The number of halogens is 1. The van der Waals surface area contributed by atoms with Crippen LogP contribution in [0.1, 0.15) is 30.1 Å². The molecule has 2 amide bonds. The van der Waals surface area contributed by atoms with Crippen LogP contribution in [0, 0.1) is 0 Å². The van der Waals surface area contributed by atoms with E-state index in [1.165, 1.54) is 0 Å². The smallest absolute Gasteiger partial charge is 0.253 e. The average molecular weight is 312 g/mol. The maximum atomic E-state index is 12.0. The van der Waals surface area contributed by atoms with Crippen molar-refractivity contribution in [3.05, 3.63) is 42.5 Å². The third-order valence-electron chi connectivity index (χ3n) is 2.77. The van der Waals surface area contributed by atoms with E-state index in [0.29, 0.717) is 24.2 Å². The van der Waals surface area contributed by atoms with Crippen molar-refractivity contribution < 1.29 is 9.59 Å². The molecule has 1 aromatic carbocycles. The first-order valence-corrected chi connectivity index (χ1v) is 6.64. The summed E-state index contributed by atoms with van der Waals surface area (Å²) >= 11 is 0. The van der Waals surface area contributed by atoms with Crippen LogP contribution < -0.4 is 16.4 Å². The first kappa shape index (κ1) is 19.1. The Morgan fingerprint density at radius 3 is 2.67 bits per heavy atom. The molecule has 5 nitrogen and oxygen atoms in total. The first-order chi connectivity index (χ1) is 9.60. The van der Waals surface area contributed by atoms with Crippen LogP contribution in [0.5, 0.6) is 0 Å². The molecule has 116 valence electrons. The quantitative estimate of drug-likeness (QED) is 0.674. The number of nitrogens with one attached hydrogen (secondary N) is 2. The Balaban J connectivity index is 0.00000400. The minimum atomic E-state index is -0.565. The summed E-state index contributed by atoms with van der Waals surface area (Å²) in [7, 11) is 0. The largest absolute Gasteiger partial charge is 0.349 e. The molecule has 0 aliphatic rings. The topological polar surface area (TPSA) is 84.2 Å². The Bertz CT molecular complexity index is 492. The van der Waals surface area contributed by atoms with Gasteiger partial charge < -0.3 is 16.4 Å². The number of para-hydroxylation sites is 1. The molecule has 1 unspecified atom stereocenters. The molecule has 0 saturated carbocycles. The number of hydrogen-bond acceptors (Lipinski definition) is 3. The van der Waals surface area contributed by atoms with Crippen molar-refractivity contribution in [1.82, 2.24) is 5.32 Å². The normalized spacial score (nSPS) is 11.0. The maximum Gasteiger partial charge on any atom is 0.253 e. The molecule has 0 aliphatic heterocycles. The van der Waals surface area contributed by atoms with Gasteiger partial charge in [-0.15, -0.1) is 19.0 Å². The summed E-state index contributed by atoms with van der Waals surface area (Å²) in [4.78, 5) is 23.9. The zero-order valence-electron chi connectivity index (χ0n) is 12.1. The lowest BCUT2D eigenvalue weighted by Gasteiger charge is -2.14. The van der Waals surface area contributed by atoms with Gasteiger partial charge in [0.25, 0.3) is 5.91 Å². The van der Waals surface area contributed by atoms with Gasteiger partial charge in [0.05, 0.1) is 17.3 Å². The van der Waals surface area contributed by atoms with Crippen molar-refractivity contribution in [2.75, 3.05) is 11.9 Å². The van der Waals surface area contributed by atoms with Gasteiger partial charge >= 0.3 is 0 Å². The molecular weight excluding hydrogens is 290 g/mol. The monoisotopic (exact) mass is 311 g/mol. The van der Waals surface area contributed by atoms with Crippen molar-refractivity contribution in [2.45, 2.75) is 25.8 Å². The summed E-state index contributed by atoms with van der Waals surface area (Å²) in [6, 6.07) is 6.26. The molecular formula is C15H22ClN3O2. The van der Waals surface area contributed by atoms with Gasteiger partial charge in [-0.1, -0.05) is 31.6 Å². The summed E-state index contributed by atoms with van der Waals surface area (Å²) in [6.07, 6.45) is 3.03. The van der Waals surface area contributed by atoms with Crippen molar-refractivity contribution in [3.8, 4) is 0 Å². The van der Waals surface area contributed by atoms with E-state index in [4.69, 9.17) is 5.73 Å². The predicted octanol–water partition coefficient (Wildman–Crippen LogP) is 2.09. The van der Waals surface area contributed by atoms with Gasteiger partial charge in [-0.3, -0.25) is 9.59 Å². The molecule has 4 N–H and O–H groups in total. The molecule has 1 rings (SSSR count). The van der Waals surface area contributed by atoms with Crippen molar-refractivity contribution >= 4 is 29.9 Å². The summed E-state index contributed by atoms with van der Waals surface area (Å²) in [6.45, 7) is 5.87. The van der Waals surface area contributed by atoms with Crippen LogP contribution in [-0.4, -0.2) is 24.4 Å². The van der Waals surface area contributed by atoms with E-state index >= 15 is 0 Å². The van der Waals surface area contributed by atoms with Crippen molar-refractivity contribution in [1.29, 1.82) is 0 Å². The summed E-state index contributed by atoms with van der Waals surface area (Å²) in [5.74, 6) is -0.541. The molecule has 0 aliphatic carbocycles. The van der Waals surface area contributed by atoms with Gasteiger partial charge in [-0.2, -0.15) is 0 Å². The minimum absolute atomic E-state index is 0. The van der Waals surface area contributed by atoms with E-state index in [1.54, 1.807) is 30.3 Å². The van der Waals surface area contributed by atoms with Crippen molar-refractivity contribution in [2.24, 2.45) is 5.73 Å². The van der Waals surface area contributed by atoms with Crippen molar-refractivity contribution in [3.63, 3.8) is 0 Å². The van der Waals surface area contributed by atoms with Gasteiger partial charge in [0.2, 0.25) is 5.91 Å². The molecule has 0 radical (unpaired) electrons. The van der Waals surface area contributed by atoms with E-state index < -0.39 is 6.04 Å². The molecule has 0 fully saturated rings. The van der Waals surface area contributed by atoms with E-state index in [1.807, 2.05) is 6.92 Å². The summed E-state index contributed by atoms with van der Waals surface area (Å²) < 4.78 is 0. The molecule has 0 heterocycles. The number of amides is 2. The lowest BCUT2D eigenvalue weighted by atomic mass is 10.1. The molecule has 0 bridgehead atoms. The summed E-state index contributed by atoms with van der Waals surface area (Å²) in [5.41, 5.74) is 6.63. The zero-order chi connectivity index (χ0) is 15.0. The van der Waals surface area contributed by atoms with E-state index in [2.05, 4.69) is 17.2 Å². The fourth-order valence-electron chi connectivity index (χ4n) is 1.72. The van der Waals surface area contributed by atoms with Gasteiger partial charge in [0.1, 0.15) is 0 Å². The van der Waals surface area contributed by atoms with E-state index in [9.17, 15) is 9.59 Å². The number of anilines is 1. The molecule has 21 heavy (non-hydrogen) atoms. The second-order valence-electron chi connectivity index (χ2n) is 4.43. The highest BCUT2D eigenvalue weighted by Gasteiger charge is 2.16. The van der Waals surface area contributed by atoms with Crippen LogP contribution in [-0.2, 0) is 4.79 Å². The lowest BCUT2D eigenvalue weighted by molar-refractivity contribution is -0.117. The van der Waals surface area contributed by atoms with Crippen LogP contribution >= 0.6 is 12.4 Å². The molecule has 1 aromatic rings. The van der Waals surface area contributed by atoms with Crippen LogP contribution in [0.2, 0.25) is 0 Å². The van der Waals surface area contributed by atoms with Crippen LogP contribution in [0.25, 0.3) is 0 Å². The van der Waals surface area contributed by atoms with Gasteiger partial charge in [0.15, 0.2) is 0 Å². The Morgan fingerprint density at radius 2 is 2.05 bits per heavy atom. The zero-order valence-corrected chi connectivity index (χ0v) is 12.9. The average Bonchev–Trinajstić information content (AvgIpc) is 2.45. The van der Waals surface area contributed by atoms with Crippen LogP contribution in [0.4, 0.5) is 5.69 Å². The number of benzene rings is 1. The second-order valence-corrected chi connectivity index (χ2v) is 4.43. The highest BCUT2D eigenvalue weighted by atomic mass is 35.5. The Kier molecular flexibility index (Phi) is 9.08. The Hall–Kier alpha value is -1.85. The third-order valence-corrected chi connectivity index (χ3v) is 2.77. The number of hydrogen-bond donors (Lipinski definition) is 3. The highest BCUT2D eigenvalue weighted by Crippen LogP contribution is 2.15. The van der Waals surface area contributed by atoms with Gasteiger partial charge in [0, 0.05) is 6.54 Å². The fraction of sp³-hybridized carbons (Fsp3) is 0.333. The molecule has 0 aromatic heterocycles. The summed E-state index contributed by atoms with van der Waals surface area (Å²) in [5, 5.41) is 5.38. The van der Waals surface area contributed by atoms with Gasteiger partial charge in [-0.25, -0.2) is 0 Å². The number of carbonyl (C=O) groups excluding carboxylic acids is 2. The van der Waals surface area contributed by atoms with E-state index in [0.717, 1.165) is 6.42 Å². The second kappa shape index (κ2) is 9.96. The number of carbonyl (C=O) groups is 2. The van der Waals surface area contributed by atoms with Gasteiger partial charge in [-0.05, 0) is 18.6 Å². The molecule has 6 heteroatoms. The maximum absolute atomic E-state index is 12.0. The molecule has 0 saturated heterocycles. The predicted molar refractivity (Wildman–Crippen MR) is 87.7 cm³/mol. The standard InChI is InChI=1S/C15H21N3O2.ClH/c1-3-7-12(16)15(20)18-13-9-6-5-8-11(13)14(19)17-10-4-2;/h4-6,8-9,12H,2-3,7,10,16H2,1H3,(H,17,19)(H,18,20);1H. The minimum Gasteiger partial charge on any atom is -0.349 e. The SMILES string of the molecule is C=CCNC(=O)c1ccccc1NC(=O)C(N)CCC.Cl. The molecule has 1 atom stereocenters. The van der Waals surface area contributed by atoms with E-state index in [-0.39, 0.29) is 24.2 Å². The van der Waals surface area contributed by atoms with Crippen LogP contribution in [0.15, 0.2) is 36.9 Å². The third kappa shape index (κ3) is 5.97. The first-order valence-electron chi connectivity index (χ1n) is 6.64. The number of nitrogens with two attached hydrogens (primary N) is 1. The lowest BCUT2D eigenvalue weighted by Crippen LogP contribution is -2.36. The highest BCUT2D eigenvalue weighted by molar-refractivity contribution is 6.04. The fourth-order valence-corrected chi connectivity index (χ4v) is 1.72. The Labute approximate surface area is 131 Å². The number of rotatable bonds is 7. The molecule has 0 spiro atoms. The Morgan fingerprint density at radius 1 is 1.38 bits per heavy atom. The van der Waals surface area contributed by atoms with Crippen LogP contribution in [0.3, 0.4) is 0 Å².